The molecule has 1 fully saturated rings. The minimum Gasteiger partial charge on any atom is -0.478 e. The van der Waals surface area contributed by atoms with Gasteiger partial charge in [-0.05, 0) is 56.1 Å². The largest absolute Gasteiger partial charge is 0.478 e. The van der Waals surface area contributed by atoms with E-state index in [1.807, 2.05) is 45.5 Å². The Kier molecular flexibility index (Phi) is 8.49. The van der Waals surface area contributed by atoms with Gasteiger partial charge >= 0.3 is 23.3 Å². The quantitative estimate of drug-likeness (QED) is 0.262. The Morgan fingerprint density at radius 1 is 0.895 bits per heavy atom. The fourth-order valence-electron chi connectivity index (χ4n) is 4.79. The zero-order chi connectivity index (χ0) is 27.2. The Labute approximate surface area is 221 Å². The molecule has 3 heterocycles. The van der Waals surface area contributed by atoms with Crippen LogP contribution in [0.15, 0.2) is 64.2 Å². The molecule has 0 saturated carbocycles. The number of carbonyl (C=O) groups is 2. The SMILES string of the molecule is O=C(O)C=CC(=O)O.O=c1[nH]c2ccccc2n1CCCN1CCC(n2c(=O)[nH]c3cc(Cl)ccc32)CC1. The van der Waals surface area contributed by atoms with E-state index in [4.69, 9.17) is 21.8 Å². The number of aryl methyl sites for hydroxylation is 1. The standard InChI is InChI=1S/C22H24ClN5O2.C4H4O4/c23-15-6-7-20-18(14-15)25-22(30)28(20)16-8-12-26(13-9-16)10-3-11-27-19-5-2-1-4-17(19)24-21(27)29;5-3(6)1-2-4(7)8/h1-2,4-7,14,16H,3,8-13H2,(H,24,29)(H,25,30);1-2H,(H,5,6)(H,7,8). The number of hydrogen-bond acceptors (Lipinski definition) is 5. The summed E-state index contributed by atoms with van der Waals surface area (Å²) in [4.78, 5) is 52.1. The number of rotatable bonds is 7. The van der Waals surface area contributed by atoms with Gasteiger partial charge in [0.05, 0.1) is 22.1 Å². The second-order valence-electron chi connectivity index (χ2n) is 9.00. The molecular weight excluding hydrogens is 514 g/mol. The molecular formula is C26H28ClN5O6. The Balaban J connectivity index is 0.000000368. The summed E-state index contributed by atoms with van der Waals surface area (Å²) in [6, 6.07) is 13.5. The number of aromatic amines is 2. The molecule has 5 rings (SSSR count). The molecule has 4 aromatic rings. The molecule has 11 nitrogen and oxygen atoms in total. The van der Waals surface area contributed by atoms with Crippen molar-refractivity contribution in [3.63, 3.8) is 0 Å². The van der Waals surface area contributed by atoms with Crippen molar-refractivity contribution in [2.24, 2.45) is 0 Å². The summed E-state index contributed by atoms with van der Waals surface area (Å²) in [6.45, 7) is 3.53. The van der Waals surface area contributed by atoms with Gasteiger partial charge < -0.3 is 25.1 Å². The molecule has 0 aliphatic carbocycles. The molecule has 4 N–H and O–H groups in total. The van der Waals surface area contributed by atoms with Crippen LogP contribution < -0.4 is 11.4 Å². The molecule has 1 saturated heterocycles. The Morgan fingerprint density at radius 2 is 1.55 bits per heavy atom. The third-order valence-corrected chi connectivity index (χ3v) is 6.74. The van der Waals surface area contributed by atoms with Gasteiger partial charge in [-0.15, -0.1) is 0 Å². The zero-order valence-electron chi connectivity index (χ0n) is 20.5. The van der Waals surface area contributed by atoms with Gasteiger partial charge in [-0.25, -0.2) is 19.2 Å². The molecule has 2 aromatic carbocycles. The highest BCUT2D eigenvalue weighted by Crippen LogP contribution is 2.26. The first-order chi connectivity index (χ1) is 18.2. The van der Waals surface area contributed by atoms with Crippen molar-refractivity contribution >= 4 is 45.6 Å². The third-order valence-electron chi connectivity index (χ3n) is 6.51. The molecule has 0 unspecified atom stereocenters. The summed E-state index contributed by atoms with van der Waals surface area (Å²) < 4.78 is 3.70. The van der Waals surface area contributed by atoms with Crippen LogP contribution in [0.4, 0.5) is 0 Å². The summed E-state index contributed by atoms with van der Waals surface area (Å²) >= 11 is 6.05. The van der Waals surface area contributed by atoms with Gasteiger partial charge in [-0.3, -0.25) is 9.13 Å². The summed E-state index contributed by atoms with van der Waals surface area (Å²) in [5.41, 5.74) is 3.44. The molecule has 200 valence electrons. The van der Waals surface area contributed by atoms with Crippen LogP contribution in [0.1, 0.15) is 25.3 Å². The number of fused-ring (bicyclic) bond motifs is 2. The average Bonchev–Trinajstić information content (AvgIpc) is 3.38. The lowest BCUT2D eigenvalue weighted by molar-refractivity contribution is -0.134. The number of carboxylic acid groups (broad SMARTS) is 2. The maximum atomic E-state index is 12.5. The summed E-state index contributed by atoms with van der Waals surface area (Å²) in [5.74, 6) is -2.51. The van der Waals surface area contributed by atoms with Crippen molar-refractivity contribution < 1.29 is 19.8 Å². The summed E-state index contributed by atoms with van der Waals surface area (Å²) in [7, 11) is 0. The van der Waals surface area contributed by atoms with Crippen LogP contribution in [0.5, 0.6) is 0 Å². The van der Waals surface area contributed by atoms with Crippen molar-refractivity contribution in [2.75, 3.05) is 19.6 Å². The number of halogens is 1. The van der Waals surface area contributed by atoms with E-state index in [2.05, 4.69) is 14.9 Å². The number of aliphatic carboxylic acids is 2. The molecule has 0 atom stereocenters. The highest BCUT2D eigenvalue weighted by atomic mass is 35.5. The number of piperidine rings is 1. The average molecular weight is 542 g/mol. The van der Waals surface area contributed by atoms with Gasteiger partial charge in [0.25, 0.3) is 0 Å². The Morgan fingerprint density at radius 3 is 2.24 bits per heavy atom. The number of likely N-dealkylation sites (tertiary alicyclic amines) is 1. The van der Waals surface area contributed by atoms with Crippen LogP contribution in [0.25, 0.3) is 22.1 Å². The fraction of sp³-hybridized carbons (Fsp3) is 0.308. The highest BCUT2D eigenvalue weighted by Gasteiger charge is 2.23. The molecule has 0 spiro atoms. The monoisotopic (exact) mass is 541 g/mol. The molecule has 0 radical (unpaired) electrons. The molecule has 38 heavy (non-hydrogen) atoms. The predicted octanol–water partition coefficient (Wildman–Crippen LogP) is 3.07. The maximum Gasteiger partial charge on any atom is 0.328 e. The molecule has 0 amide bonds. The van der Waals surface area contributed by atoms with Gasteiger partial charge in [0.1, 0.15) is 0 Å². The van der Waals surface area contributed by atoms with Crippen molar-refractivity contribution in [2.45, 2.75) is 31.8 Å². The second-order valence-corrected chi connectivity index (χ2v) is 9.43. The van der Waals surface area contributed by atoms with Crippen LogP contribution in [0.3, 0.4) is 0 Å². The molecule has 1 aliphatic rings. The zero-order valence-corrected chi connectivity index (χ0v) is 21.2. The topological polar surface area (TPSA) is 153 Å². The van der Waals surface area contributed by atoms with Crippen molar-refractivity contribution in [1.29, 1.82) is 0 Å². The summed E-state index contributed by atoms with van der Waals surface area (Å²) in [5, 5.41) is 16.2. The number of benzene rings is 2. The van der Waals surface area contributed by atoms with E-state index >= 15 is 0 Å². The number of carboxylic acids is 2. The number of imidazole rings is 2. The second kappa shape index (κ2) is 12.0. The molecule has 1 aliphatic heterocycles. The van der Waals surface area contributed by atoms with Gasteiger partial charge in [-0.2, -0.15) is 0 Å². The van der Waals surface area contributed by atoms with Crippen molar-refractivity contribution in [1.82, 2.24) is 24.0 Å². The highest BCUT2D eigenvalue weighted by molar-refractivity contribution is 6.31. The summed E-state index contributed by atoms with van der Waals surface area (Å²) in [6.07, 6.45) is 3.90. The molecule has 0 bridgehead atoms. The number of nitrogens with zero attached hydrogens (tertiary/aromatic N) is 3. The fourth-order valence-corrected chi connectivity index (χ4v) is 4.96. The minimum absolute atomic E-state index is 0.0475. The first kappa shape index (κ1) is 27.0. The number of H-pyrrole nitrogens is 2. The van der Waals surface area contributed by atoms with Crippen LogP contribution in [-0.4, -0.2) is 65.8 Å². The van der Waals surface area contributed by atoms with Crippen LogP contribution in [0, 0.1) is 0 Å². The van der Waals surface area contributed by atoms with E-state index in [0.29, 0.717) is 23.7 Å². The molecule has 2 aromatic heterocycles. The van der Waals surface area contributed by atoms with E-state index in [0.717, 1.165) is 61.0 Å². The lowest BCUT2D eigenvalue weighted by Gasteiger charge is -2.32. The van der Waals surface area contributed by atoms with Gasteiger partial charge in [-0.1, -0.05) is 23.7 Å². The van der Waals surface area contributed by atoms with E-state index in [1.165, 1.54) is 0 Å². The Bertz CT molecular complexity index is 1570. The molecule has 12 heteroatoms. The van der Waals surface area contributed by atoms with Crippen molar-refractivity contribution in [3.8, 4) is 0 Å². The smallest absolute Gasteiger partial charge is 0.328 e. The van der Waals surface area contributed by atoms with Crippen LogP contribution in [-0.2, 0) is 16.1 Å². The van der Waals surface area contributed by atoms with E-state index in [-0.39, 0.29) is 17.4 Å². The van der Waals surface area contributed by atoms with E-state index in [9.17, 15) is 19.2 Å². The van der Waals surface area contributed by atoms with E-state index < -0.39 is 11.9 Å². The van der Waals surface area contributed by atoms with Crippen molar-refractivity contribution in [3.05, 3.63) is 80.6 Å². The van der Waals surface area contributed by atoms with Gasteiger partial charge in [0, 0.05) is 42.9 Å². The first-order valence-corrected chi connectivity index (χ1v) is 12.5. The van der Waals surface area contributed by atoms with Crippen LogP contribution in [0.2, 0.25) is 5.02 Å². The number of para-hydroxylation sites is 2. The lowest BCUT2D eigenvalue weighted by Crippen LogP contribution is -2.37. The maximum absolute atomic E-state index is 12.5. The van der Waals surface area contributed by atoms with Crippen LogP contribution >= 0.6 is 11.6 Å². The predicted molar refractivity (Wildman–Crippen MR) is 144 cm³/mol. The number of hydrogen-bond donors (Lipinski definition) is 4. The minimum atomic E-state index is -1.26. The number of aromatic nitrogens is 4. The first-order valence-electron chi connectivity index (χ1n) is 12.2. The number of nitrogens with one attached hydrogen (secondary N) is 2. The van der Waals surface area contributed by atoms with Gasteiger partial charge in [0.2, 0.25) is 0 Å². The third kappa shape index (κ3) is 6.42. The normalized spacial score (nSPS) is 14.7. The van der Waals surface area contributed by atoms with E-state index in [1.54, 1.807) is 6.07 Å². The lowest BCUT2D eigenvalue weighted by atomic mass is 10.0. The Hall–Kier alpha value is -4.09. The van der Waals surface area contributed by atoms with Gasteiger partial charge in [0.15, 0.2) is 0 Å².